The van der Waals surface area contributed by atoms with E-state index in [9.17, 15) is 4.79 Å². The predicted octanol–water partition coefficient (Wildman–Crippen LogP) is 3.18. The minimum Gasteiger partial charge on any atom is -0.338 e. The minimum atomic E-state index is -0.483. The van der Waals surface area contributed by atoms with Gasteiger partial charge in [0.2, 0.25) is 0 Å². The van der Waals surface area contributed by atoms with Gasteiger partial charge in [-0.2, -0.15) is 0 Å². The second-order valence-electron chi connectivity index (χ2n) is 5.92. The maximum atomic E-state index is 12.1. The van der Waals surface area contributed by atoms with E-state index in [4.69, 9.17) is 0 Å². The van der Waals surface area contributed by atoms with E-state index in [-0.39, 0.29) is 11.9 Å². The van der Waals surface area contributed by atoms with Crippen LogP contribution in [0.4, 0.5) is 4.79 Å². The molecule has 2 N–H and O–H groups in total. The van der Waals surface area contributed by atoms with E-state index in [0.717, 1.165) is 15.4 Å². The van der Waals surface area contributed by atoms with Gasteiger partial charge in [0.1, 0.15) is 5.01 Å². The summed E-state index contributed by atoms with van der Waals surface area (Å²) < 4.78 is 0. The molecule has 2 aromatic heterocycles. The number of thiazole rings is 1. The zero-order valence-electron chi connectivity index (χ0n) is 13.4. The van der Waals surface area contributed by atoms with Gasteiger partial charge in [0, 0.05) is 30.0 Å². The van der Waals surface area contributed by atoms with Gasteiger partial charge in [0.25, 0.3) is 0 Å². The van der Waals surface area contributed by atoms with Gasteiger partial charge < -0.3 is 10.6 Å². The average Bonchev–Trinajstić information content (AvgIpc) is 2.93. The normalized spacial score (nSPS) is 12.7. The molecule has 1 atom stereocenters. The number of aromatic nitrogens is 2. The van der Waals surface area contributed by atoms with Crippen molar-refractivity contribution in [1.29, 1.82) is 0 Å². The topological polar surface area (TPSA) is 66.9 Å². The van der Waals surface area contributed by atoms with E-state index < -0.39 is 5.54 Å². The van der Waals surface area contributed by atoms with Crippen LogP contribution >= 0.6 is 11.3 Å². The molecule has 0 saturated carbocycles. The summed E-state index contributed by atoms with van der Waals surface area (Å²) in [5, 5.41) is 6.80. The van der Waals surface area contributed by atoms with Gasteiger partial charge in [0.05, 0.1) is 5.54 Å². The van der Waals surface area contributed by atoms with E-state index in [1.54, 1.807) is 23.7 Å². The molecular weight excluding hydrogens is 296 g/mol. The molecule has 0 aliphatic carbocycles. The van der Waals surface area contributed by atoms with Crippen molar-refractivity contribution in [2.24, 2.45) is 0 Å². The number of pyridine rings is 1. The van der Waals surface area contributed by atoms with E-state index in [1.807, 2.05) is 39.1 Å². The minimum absolute atomic E-state index is 0.182. The lowest BCUT2D eigenvalue weighted by atomic mass is 10.0. The van der Waals surface area contributed by atoms with Crippen LogP contribution in [0.2, 0.25) is 0 Å². The van der Waals surface area contributed by atoms with Crippen molar-refractivity contribution in [2.45, 2.75) is 39.2 Å². The van der Waals surface area contributed by atoms with Crippen molar-refractivity contribution >= 4 is 17.4 Å². The molecule has 5 nitrogen and oxygen atoms in total. The number of carbonyl (C=O) groups excluding carboxylic acids is 1. The number of rotatable bonds is 5. The summed E-state index contributed by atoms with van der Waals surface area (Å²) in [4.78, 5) is 21.6. The van der Waals surface area contributed by atoms with Crippen LogP contribution in [0.15, 0.2) is 30.7 Å². The third kappa shape index (κ3) is 4.27. The van der Waals surface area contributed by atoms with Gasteiger partial charge >= 0.3 is 6.03 Å². The van der Waals surface area contributed by atoms with Crippen molar-refractivity contribution < 1.29 is 4.79 Å². The molecule has 22 heavy (non-hydrogen) atoms. The molecule has 2 aromatic rings. The quantitative estimate of drug-likeness (QED) is 0.889. The van der Waals surface area contributed by atoms with Crippen molar-refractivity contribution in [3.8, 4) is 0 Å². The second-order valence-corrected chi connectivity index (χ2v) is 7.15. The number of aryl methyl sites for hydroxylation is 1. The van der Waals surface area contributed by atoms with Crippen LogP contribution in [0.1, 0.15) is 42.1 Å². The molecule has 2 rings (SSSR count). The Hall–Kier alpha value is -1.95. The molecule has 0 aliphatic rings. The fraction of sp³-hybridized carbons (Fsp3) is 0.438. The Morgan fingerprint density at radius 1 is 1.36 bits per heavy atom. The SMILES string of the molecule is Cc1cnc(C(C)(C)NC(=O)NC[C@@H](C)c2ccncc2)s1. The lowest BCUT2D eigenvalue weighted by Gasteiger charge is -2.24. The highest BCUT2D eigenvalue weighted by atomic mass is 32.1. The Morgan fingerprint density at radius 3 is 2.64 bits per heavy atom. The fourth-order valence-corrected chi connectivity index (χ4v) is 2.90. The van der Waals surface area contributed by atoms with E-state index in [1.165, 1.54) is 0 Å². The first-order valence-corrected chi connectivity index (χ1v) is 8.09. The van der Waals surface area contributed by atoms with Gasteiger partial charge in [0.15, 0.2) is 0 Å². The first kappa shape index (κ1) is 16.4. The first-order valence-electron chi connectivity index (χ1n) is 7.27. The van der Waals surface area contributed by atoms with Crippen LogP contribution in [-0.4, -0.2) is 22.5 Å². The largest absolute Gasteiger partial charge is 0.338 e. The summed E-state index contributed by atoms with van der Waals surface area (Å²) in [6.07, 6.45) is 5.35. The third-order valence-electron chi connectivity index (χ3n) is 3.43. The van der Waals surface area contributed by atoms with Crippen LogP contribution in [0, 0.1) is 6.92 Å². The summed E-state index contributed by atoms with van der Waals surface area (Å²) in [7, 11) is 0. The van der Waals surface area contributed by atoms with Gasteiger partial charge in [-0.25, -0.2) is 9.78 Å². The van der Waals surface area contributed by atoms with Gasteiger partial charge in [-0.3, -0.25) is 4.98 Å². The van der Waals surface area contributed by atoms with Crippen LogP contribution in [0.3, 0.4) is 0 Å². The molecule has 0 radical (unpaired) electrons. The lowest BCUT2D eigenvalue weighted by Crippen LogP contribution is -2.47. The number of nitrogens with zero attached hydrogens (tertiary/aromatic N) is 2. The number of hydrogen-bond acceptors (Lipinski definition) is 4. The number of carbonyl (C=O) groups is 1. The molecule has 0 fully saturated rings. The van der Waals surface area contributed by atoms with E-state index in [0.29, 0.717) is 6.54 Å². The molecule has 0 saturated heterocycles. The molecule has 2 amide bonds. The average molecular weight is 318 g/mol. The van der Waals surface area contributed by atoms with Crippen LogP contribution in [-0.2, 0) is 5.54 Å². The summed E-state index contributed by atoms with van der Waals surface area (Å²) in [6.45, 7) is 8.57. The van der Waals surface area contributed by atoms with E-state index >= 15 is 0 Å². The standard InChI is InChI=1S/C16H22N4OS/c1-11(13-5-7-17-8-6-13)9-19-15(21)20-16(3,4)14-18-10-12(2)22-14/h5-8,10-11H,9H2,1-4H3,(H2,19,20,21)/t11-/m1/s1. The molecular formula is C16H22N4OS. The second kappa shape index (κ2) is 6.87. The Bertz CT molecular complexity index is 624. The Morgan fingerprint density at radius 2 is 2.05 bits per heavy atom. The molecule has 0 bridgehead atoms. The summed E-state index contributed by atoms with van der Waals surface area (Å²) in [5.41, 5.74) is 0.674. The maximum absolute atomic E-state index is 12.1. The fourth-order valence-electron chi connectivity index (χ4n) is 2.08. The molecule has 0 aromatic carbocycles. The highest BCUT2D eigenvalue weighted by Crippen LogP contribution is 2.24. The van der Waals surface area contributed by atoms with Crippen molar-refractivity contribution in [1.82, 2.24) is 20.6 Å². The highest BCUT2D eigenvalue weighted by Gasteiger charge is 2.26. The maximum Gasteiger partial charge on any atom is 0.315 e. The molecule has 118 valence electrons. The van der Waals surface area contributed by atoms with Crippen molar-refractivity contribution in [3.63, 3.8) is 0 Å². The van der Waals surface area contributed by atoms with Gasteiger partial charge in [-0.1, -0.05) is 6.92 Å². The van der Waals surface area contributed by atoms with Gasteiger partial charge in [-0.05, 0) is 44.4 Å². The number of amides is 2. The number of urea groups is 1. The molecule has 0 spiro atoms. The molecule has 2 heterocycles. The molecule has 0 unspecified atom stereocenters. The lowest BCUT2D eigenvalue weighted by molar-refractivity contribution is 0.229. The summed E-state index contributed by atoms with van der Waals surface area (Å²) in [5.74, 6) is 0.235. The van der Waals surface area contributed by atoms with Crippen molar-refractivity contribution in [2.75, 3.05) is 6.54 Å². The highest BCUT2D eigenvalue weighted by molar-refractivity contribution is 7.11. The third-order valence-corrected chi connectivity index (χ3v) is 4.66. The number of nitrogens with one attached hydrogen (secondary N) is 2. The number of hydrogen-bond donors (Lipinski definition) is 2. The molecule has 6 heteroatoms. The summed E-state index contributed by atoms with van der Waals surface area (Å²) >= 11 is 1.60. The summed E-state index contributed by atoms with van der Waals surface area (Å²) in [6, 6.07) is 3.75. The zero-order valence-corrected chi connectivity index (χ0v) is 14.2. The monoisotopic (exact) mass is 318 g/mol. The smallest absolute Gasteiger partial charge is 0.315 e. The Kier molecular flexibility index (Phi) is 5.13. The predicted molar refractivity (Wildman–Crippen MR) is 89.1 cm³/mol. The first-order chi connectivity index (χ1) is 10.4. The van der Waals surface area contributed by atoms with Crippen LogP contribution < -0.4 is 10.6 Å². The molecule has 0 aliphatic heterocycles. The Labute approximate surface area is 135 Å². The van der Waals surface area contributed by atoms with Crippen molar-refractivity contribution in [3.05, 3.63) is 46.2 Å². The van der Waals surface area contributed by atoms with Crippen LogP contribution in [0.25, 0.3) is 0 Å². The van der Waals surface area contributed by atoms with Gasteiger partial charge in [-0.15, -0.1) is 11.3 Å². The van der Waals surface area contributed by atoms with Crippen LogP contribution in [0.5, 0.6) is 0 Å². The zero-order chi connectivity index (χ0) is 16.2. The Balaban J connectivity index is 1.88. The van der Waals surface area contributed by atoms with E-state index in [2.05, 4.69) is 27.5 Å².